The van der Waals surface area contributed by atoms with Crippen LogP contribution in [0.15, 0.2) is 12.2 Å². The normalized spacial score (nSPS) is 24.3. The number of ketones is 2. The van der Waals surface area contributed by atoms with Gasteiger partial charge < -0.3 is 9.84 Å². The minimum Gasteiger partial charge on any atom is -0.466 e. The van der Waals surface area contributed by atoms with Crippen molar-refractivity contribution in [1.82, 2.24) is 0 Å². The standard InChI is InChI=1S/C18H28O5/c1-3-23-18(22)9-7-5-4-6-8-14-15(11-10-13(2)19)17(21)12-16(14)20/h10-11,14-15,17,21H,3-9,12H2,1-2H3. The molecule has 130 valence electrons. The molecule has 3 unspecified atom stereocenters. The van der Waals surface area contributed by atoms with Crippen LogP contribution in [0, 0.1) is 11.8 Å². The molecule has 0 radical (unpaired) electrons. The van der Waals surface area contributed by atoms with E-state index in [2.05, 4.69) is 0 Å². The van der Waals surface area contributed by atoms with Crippen LogP contribution in [-0.2, 0) is 19.1 Å². The van der Waals surface area contributed by atoms with Crippen LogP contribution >= 0.6 is 0 Å². The van der Waals surface area contributed by atoms with Crippen molar-refractivity contribution in [1.29, 1.82) is 0 Å². The maximum absolute atomic E-state index is 12.0. The number of Topliss-reactive ketones (excluding diaryl/α,β-unsaturated/α-hetero) is 1. The fourth-order valence-corrected chi connectivity index (χ4v) is 3.06. The number of hydrogen-bond acceptors (Lipinski definition) is 5. The smallest absolute Gasteiger partial charge is 0.305 e. The lowest BCUT2D eigenvalue weighted by Crippen LogP contribution is -2.18. The Morgan fingerprint density at radius 2 is 1.96 bits per heavy atom. The number of carbonyl (C=O) groups is 3. The second kappa shape index (κ2) is 10.3. The highest BCUT2D eigenvalue weighted by Crippen LogP contribution is 2.34. The summed E-state index contributed by atoms with van der Waals surface area (Å²) in [5.74, 6) is -0.580. The Balaban J connectivity index is 2.30. The zero-order valence-electron chi connectivity index (χ0n) is 14.1. The molecule has 3 atom stereocenters. The van der Waals surface area contributed by atoms with Crippen molar-refractivity contribution in [2.75, 3.05) is 6.61 Å². The highest BCUT2D eigenvalue weighted by atomic mass is 16.5. The minimum atomic E-state index is -0.674. The van der Waals surface area contributed by atoms with E-state index in [1.165, 1.54) is 13.0 Å². The van der Waals surface area contributed by atoms with Crippen molar-refractivity contribution in [3.63, 3.8) is 0 Å². The zero-order valence-corrected chi connectivity index (χ0v) is 14.1. The van der Waals surface area contributed by atoms with Crippen LogP contribution in [0.2, 0.25) is 0 Å². The van der Waals surface area contributed by atoms with Crippen LogP contribution in [-0.4, -0.2) is 35.4 Å². The van der Waals surface area contributed by atoms with Gasteiger partial charge in [0.2, 0.25) is 0 Å². The quantitative estimate of drug-likeness (QED) is 0.379. The lowest BCUT2D eigenvalue weighted by molar-refractivity contribution is -0.143. The van der Waals surface area contributed by atoms with E-state index in [0.29, 0.717) is 13.0 Å². The van der Waals surface area contributed by atoms with Gasteiger partial charge in [-0.15, -0.1) is 0 Å². The molecule has 5 heteroatoms. The molecule has 0 aromatic rings. The average molecular weight is 324 g/mol. The van der Waals surface area contributed by atoms with Gasteiger partial charge in [0.15, 0.2) is 5.78 Å². The third-order valence-corrected chi connectivity index (χ3v) is 4.24. The summed E-state index contributed by atoms with van der Waals surface area (Å²) in [6, 6.07) is 0. The maximum atomic E-state index is 12.0. The molecule has 0 spiro atoms. The lowest BCUT2D eigenvalue weighted by Gasteiger charge is -2.17. The monoisotopic (exact) mass is 324 g/mol. The molecule has 1 fully saturated rings. The number of ether oxygens (including phenoxy) is 1. The fraction of sp³-hybridized carbons (Fsp3) is 0.722. The third-order valence-electron chi connectivity index (χ3n) is 4.24. The number of carbonyl (C=O) groups excluding carboxylic acids is 3. The van der Waals surface area contributed by atoms with E-state index < -0.39 is 6.10 Å². The van der Waals surface area contributed by atoms with Crippen molar-refractivity contribution in [2.45, 2.75) is 64.9 Å². The van der Waals surface area contributed by atoms with Gasteiger partial charge in [-0.1, -0.05) is 25.3 Å². The van der Waals surface area contributed by atoms with Gasteiger partial charge in [0.1, 0.15) is 5.78 Å². The van der Waals surface area contributed by atoms with E-state index in [1.54, 1.807) is 13.0 Å². The molecule has 1 N–H and O–H groups in total. The van der Waals surface area contributed by atoms with Crippen LogP contribution in [0.25, 0.3) is 0 Å². The van der Waals surface area contributed by atoms with E-state index in [4.69, 9.17) is 4.74 Å². The molecule has 1 aliphatic rings. The fourth-order valence-electron chi connectivity index (χ4n) is 3.06. The van der Waals surface area contributed by atoms with Gasteiger partial charge in [-0.2, -0.15) is 0 Å². The van der Waals surface area contributed by atoms with Crippen LogP contribution in [0.3, 0.4) is 0 Å². The number of unbranched alkanes of at least 4 members (excludes halogenated alkanes) is 3. The predicted octanol–water partition coefficient (Wildman–Crippen LogP) is 2.60. The molecule has 5 nitrogen and oxygen atoms in total. The SMILES string of the molecule is CCOC(=O)CCCCCCC1C(=O)CC(O)C1C=CC(C)=O. The largest absolute Gasteiger partial charge is 0.466 e. The summed E-state index contributed by atoms with van der Waals surface area (Å²) in [7, 11) is 0. The van der Waals surface area contributed by atoms with Crippen molar-refractivity contribution in [2.24, 2.45) is 11.8 Å². The summed E-state index contributed by atoms with van der Waals surface area (Å²) in [6.45, 7) is 3.67. The first-order chi connectivity index (χ1) is 11.0. The van der Waals surface area contributed by atoms with Gasteiger partial charge in [0, 0.05) is 24.7 Å². The Morgan fingerprint density at radius 1 is 1.26 bits per heavy atom. The van der Waals surface area contributed by atoms with Gasteiger partial charge in [0.25, 0.3) is 0 Å². The number of rotatable bonds is 10. The molecule has 0 aromatic heterocycles. The molecule has 23 heavy (non-hydrogen) atoms. The van der Waals surface area contributed by atoms with E-state index in [9.17, 15) is 19.5 Å². The van der Waals surface area contributed by atoms with E-state index in [0.717, 1.165) is 32.1 Å². The second-order valence-electron chi connectivity index (χ2n) is 6.15. The Labute approximate surface area is 138 Å². The molecule has 0 aliphatic heterocycles. The molecule has 0 saturated heterocycles. The Morgan fingerprint density at radius 3 is 2.61 bits per heavy atom. The lowest BCUT2D eigenvalue weighted by atomic mass is 9.88. The van der Waals surface area contributed by atoms with Gasteiger partial charge >= 0.3 is 5.97 Å². The van der Waals surface area contributed by atoms with Crippen molar-refractivity contribution >= 4 is 17.5 Å². The predicted molar refractivity (Wildman–Crippen MR) is 86.8 cm³/mol. The highest BCUT2D eigenvalue weighted by Gasteiger charge is 2.39. The maximum Gasteiger partial charge on any atom is 0.305 e. The van der Waals surface area contributed by atoms with Crippen LogP contribution in [0.4, 0.5) is 0 Å². The van der Waals surface area contributed by atoms with Gasteiger partial charge in [-0.05, 0) is 32.8 Å². The first-order valence-corrected chi connectivity index (χ1v) is 8.50. The highest BCUT2D eigenvalue weighted by molar-refractivity contribution is 5.88. The van der Waals surface area contributed by atoms with Crippen molar-refractivity contribution < 1.29 is 24.2 Å². The number of esters is 1. The van der Waals surface area contributed by atoms with Crippen molar-refractivity contribution in [3.05, 3.63) is 12.2 Å². The first-order valence-electron chi connectivity index (χ1n) is 8.50. The molecular weight excluding hydrogens is 296 g/mol. The summed E-state index contributed by atoms with van der Waals surface area (Å²) in [5.41, 5.74) is 0. The molecular formula is C18H28O5. The van der Waals surface area contributed by atoms with Crippen molar-refractivity contribution in [3.8, 4) is 0 Å². The van der Waals surface area contributed by atoms with Crippen LogP contribution in [0.1, 0.15) is 58.8 Å². The third kappa shape index (κ3) is 7.08. The Kier molecular flexibility index (Phi) is 8.77. The number of aliphatic hydroxyl groups is 1. The Bertz CT molecular complexity index is 441. The number of aliphatic hydroxyl groups excluding tert-OH is 1. The summed E-state index contributed by atoms with van der Waals surface area (Å²) in [4.78, 5) is 34.2. The summed E-state index contributed by atoms with van der Waals surface area (Å²) in [5, 5.41) is 9.96. The molecule has 1 rings (SSSR count). The summed E-state index contributed by atoms with van der Waals surface area (Å²) >= 11 is 0. The zero-order chi connectivity index (χ0) is 17.2. The molecule has 1 aliphatic carbocycles. The van der Waals surface area contributed by atoms with Crippen LogP contribution in [0.5, 0.6) is 0 Å². The number of hydrogen-bond donors (Lipinski definition) is 1. The average Bonchev–Trinajstić information content (AvgIpc) is 2.74. The molecule has 1 saturated carbocycles. The Hall–Kier alpha value is -1.49. The molecule has 0 amide bonds. The van der Waals surface area contributed by atoms with Gasteiger partial charge in [0.05, 0.1) is 12.7 Å². The van der Waals surface area contributed by atoms with Gasteiger partial charge in [-0.3, -0.25) is 14.4 Å². The van der Waals surface area contributed by atoms with Gasteiger partial charge in [-0.25, -0.2) is 0 Å². The molecule has 0 bridgehead atoms. The van der Waals surface area contributed by atoms with E-state index in [-0.39, 0.29) is 35.8 Å². The number of allylic oxidation sites excluding steroid dienone is 1. The topological polar surface area (TPSA) is 80.7 Å². The summed E-state index contributed by atoms with van der Waals surface area (Å²) in [6.07, 6.45) is 7.36. The van der Waals surface area contributed by atoms with E-state index in [1.807, 2.05) is 0 Å². The van der Waals surface area contributed by atoms with E-state index >= 15 is 0 Å². The molecule has 0 heterocycles. The van der Waals surface area contributed by atoms with Crippen LogP contribution < -0.4 is 0 Å². The summed E-state index contributed by atoms with van der Waals surface area (Å²) < 4.78 is 4.87. The first kappa shape index (κ1) is 19.6. The second-order valence-corrected chi connectivity index (χ2v) is 6.15. The molecule has 0 aromatic carbocycles. The minimum absolute atomic E-state index is 0.0748.